The van der Waals surface area contributed by atoms with Gasteiger partial charge >= 0.3 is 0 Å². The largest absolute Gasteiger partial charge is 0.352 e. The Labute approximate surface area is 205 Å². The molecule has 0 N–H and O–H groups in total. The fourth-order valence-corrected chi connectivity index (χ4v) is 5.29. The van der Waals surface area contributed by atoms with Gasteiger partial charge in [-0.3, -0.25) is 4.79 Å². The summed E-state index contributed by atoms with van der Waals surface area (Å²) in [5.74, 6) is 0.650. The standard InChI is InChI=1S/C27H22FN5OS/c28-20-8-10-21(11-9-20)33-17-22(19-5-2-1-3-6-19)24-25(29-18-30-26(24)33)31-12-14-32(15-13-31)27(34)23-7-4-16-35-23/h1-11,16-18H,12-15H2. The second-order valence-electron chi connectivity index (χ2n) is 8.41. The van der Waals surface area contributed by atoms with Crippen molar-refractivity contribution < 1.29 is 9.18 Å². The van der Waals surface area contributed by atoms with E-state index >= 15 is 0 Å². The Kier molecular flexibility index (Phi) is 5.50. The van der Waals surface area contributed by atoms with Crippen molar-refractivity contribution in [2.75, 3.05) is 31.1 Å². The lowest BCUT2D eigenvalue weighted by Crippen LogP contribution is -2.49. The second kappa shape index (κ2) is 8.96. The molecule has 1 fully saturated rings. The molecule has 6 rings (SSSR count). The van der Waals surface area contributed by atoms with E-state index in [-0.39, 0.29) is 11.7 Å². The third-order valence-corrected chi connectivity index (χ3v) is 7.21. The highest BCUT2D eigenvalue weighted by molar-refractivity contribution is 7.12. The average Bonchev–Trinajstić information content (AvgIpc) is 3.58. The molecule has 1 amide bonds. The summed E-state index contributed by atoms with van der Waals surface area (Å²) in [4.78, 5) is 27.0. The normalized spacial score (nSPS) is 14.0. The number of aromatic nitrogens is 3. The molecule has 0 radical (unpaired) electrons. The molecule has 6 nitrogen and oxygen atoms in total. The van der Waals surface area contributed by atoms with Gasteiger partial charge < -0.3 is 14.4 Å². The van der Waals surface area contributed by atoms with Gasteiger partial charge in [-0.15, -0.1) is 11.3 Å². The van der Waals surface area contributed by atoms with E-state index in [2.05, 4.69) is 22.0 Å². The van der Waals surface area contributed by atoms with Gasteiger partial charge in [-0.25, -0.2) is 14.4 Å². The molecular formula is C27H22FN5OS. The number of rotatable bonds is 4. The molecule has 5 aromatic rings. The van der Waals surface area contributed by atoms with Crippen LogP contribution in [0.1, 0.15) is 9.67 Å². The molecule has 3 aromatic heterocycles. The van der Waals surface area contributed by atoms with Crippen molar-refractivity contribution in [2.45, 2.75) is 0 Å². The SMILES string of the molecule is O=C(c1cccs1)N1CCN(c2ncnc3c2c(-c2ccccc2)cn3-c2ccc(F)cc2)CC1. The number of halogens is 1. The van der Waals surface area contributed by atoms with Gasteiger partial charge in [-0.2, -0.15) is 0 Å². The van der Waals surface area contributed by atoms with Crippen LogP contribution in [0.4, 0.5) is 10.2 Å². The third-order valence-electron chi connectivity index (χ3n) is 6.35. The molecule has 0 saturated carbocycles. The predicted molar refractivity (Wildman–Crippen MR) is 137 cm³/mol. The molecule has 1 aliphatic heterocycles. The van der Waals surface area contributed by atoms with Crippen LogP contribution in [0.3, 0.4) is 0 Å². The number of anilines is 1. The Bertz CT molecular complexity index is 1470. The van der Waals surface area contributed by atoms with Crippen LogP contribution in [0.2, 0.25) is 0 Å². The molecule has 0 bridgehead atoms. The van der Waals surface area contributed by atoms with Crippen LogP contribution in [0.25, 0.3) is 27.8 Å². The number of nitrogens with zero attached hydrogens (tertiary/aromatic N) is 5. The molecule has 0 aliphatic carbocycles. The lowest BCUT2D eigenvalue weighted by Gasteiger charge is -2.35. The highest BCUT2D eigenvalue weighted by Crippen LogP contribution is 2.37. The van der Waals surface area contributed by atoms with E-state index in [1.807, 2.05) is 51.4 Å². The molecule has 0 spiro atoms. The van der Waals surface area contributed by atoms with Crippen molar-refractivity contribution in [2.24, 2.45) is 0 Å². The van der Waals surface area contributed by atoms with E-state index in [1.165, 1.54) is 23.5 Å². The lowest BCUT2D eigenvalue weighted by atomic mass is 10.1. The monoisotopic (exact) mass is 483 g/mol. The van der Waals surface area contributed by atoms with Crippen molar-refractivity contribution in [3.8, 4) is 16.8 Å². The van der Waals surface area contributed by atoms with Gasteiger partial charge in [-0.1, -0.05) is 36.4 Å². The second-order valence-corrected chi connectivity index (χ2v) is 9.36. The molecule has 174 valence electrons. The summed E-state index contributed by atoms with van der Waals surface area (Å²) < 4.78 is 15.6. The molecule has 0 unspecified atom stereocenters. The first kappa shape index (κ1) is 21.5. The number of carbonyl (C=O) groups is 1. The Morgan fingerprint density at radius 2 is 1.66 bits per heavy atom. The van der Waals surface area contributed by atoms with Crippen molar-refractivity contribution >= 4 is 34.1 Å². The minimum atomic E-state index is -0.279. The lowest BCUT2D eigenvalue weighted by molar-refractivity contribution is 0.0751. The van der Waals surface area contributed by atoms with Crippen LogP contribution >= 0.6 is 11.3 Å². The van der Waals surface area contributed by atoms with Gasteiger partial charge in [0.1, 0.15) is 18.0 Å². The Morgan fingerprint density at radius 1 is 0.886 bits per heavy atom. The highest BCUT2D eigenvalue weighted by atomic mass is 32.1. The highest BCUT2D eigenvalue weighted by Gasteiger charge is 2.26. The maximum absolute atomic E-state index is 13.6. The van der Waals surface area contributed by atoms with Crippen LogP contribution in [-0.2, 0) is 0 Å². The van der Waals surface area contributed by atoms with Gasteiger partial charge in [0.25, 0.3) is 5.91 Å². The minimum Gasteiger partial charge on any atom is -0.352 e. The van der Waals surface area contributed by atoms with Crippen LogP contribution in [-0.4, -0.2) is 51.5 Å². The number of piperazine rings is 1. The number of hydrogen-bond donors (Lipinski definition) is 0. The van der Waals surface area contributed by atoms with Crippen molar-refractivity contribution in [1.29, 1.82) is 0 Å². The molecule has 35 heavy (non-hydrogen) atoms. The van der Waals surface area contributed by atoms with Gasteiger partial charge in [0.05, 0.1) is 10.3 Å². The zero-order valence-corrected chi connectivity index (χ0v) is 19.7. The molecule has 1 aliphatic rings. The van der Waals surface area contributed by atoms with Crippen LogP contribution in [0, 0.1) is 5.82 Å². The van der Waals surface area contributed by atoms with Crippen molar-refractivity contribution in [3.05, 3.63) is 95.3 Å². The molecule has 0 atom stereocenters. The summed E-state index contributed by atoms with van der Waals surface area (Å²) in [6.45, 7) is 2.61. The number of hydrogen-bond acceptors (Lipinski definition) is 5. The third kappa shape index (κ3) is 3.95. The average molecular weight is 484 g/mol. The quantitative estimate of drug-likeness (QED) is 0.350. The smallest absolute Gasteiger partial charge is 0.264 e. The Morgan fingerprint density at radius 3 is 2.37 bits per heavy atom. The first-order chi connectivity index (χ1) is 17.2. The van der Waals surface area contributed by atoms with Crippen LogP contribution in [0.5, 0.6) is 0 Å². The molecule has 2 aromatic carbocycles. The maximum Gasteiger partial charge on any atom is 0.264 e. The Hall–Kier alpha value is -4.04. The molecule has 4 heterocycles. The zero-order valence-electron chi connectivity index (χ0n) is 18.8. The summed E-state index contributed by atoms with van der Waals surface area (Å²) in [7, 11) is 0. The number of benzene rings is 2. The summed E-state index contributed by atoms with van der Waals surface area (Å²) >= 11 is 1.47. The van der Waals surface area contributed by atoms with Gasteiger partial charge in [0.15, 0.2) is 5.65 Å². The Balaban J connectivity index is 1.40. The number of carbonyl (C=O) groups excluding carboxylic acids is 1. The topological polar surface area (TPSA) is 54.3 Å². The molecule has 8 heteroatoms. The van der Waals surface area contributed by atoms with E-state index in [1.54, 1.807) is 18.5 Å². The van der Waals surface area contributed by atoms with Crippen LogP contribution < -0.4 is 4.90 Å². The van der Waals surface area contributed by atoms with E-state index in [4.69, 9.17) is 4.98 Å². The first-order valence-corrected chi connectivity index (χ1v) is 12.3. The van der Waals surface area contributed by atoms with E-state index in [0.29, 0.717) is 26.2 Å². The van der Waals surface area contributed by atoms with Gasteiger partial charge in [0.2, 0.25) is 0 Å². The predicted octanol–water partition coefficient (Wildman–Crippen LogP) is 5.25. The van der Waals surface area contributed by atoms with E-state index < -0.39 is 0 Å². The molecule has 1 saturated heterocycles. The van der Waals surface area contributed by atoms with E-state index in [0.717, 1.165) is 38.5 Å². The summed E-state index contributed by atoms with van der Waals surface area (Å²) in [5.41, 5.74) is 3.66. The van der Waals surface area contributed by atoms with Gasteiger partial charge in [-0.05, 0) is 41.3 Å². The summed E-state index contributed by atoms with van der Waals surface area (Å²) in [6.07, 6.45) is 3.62. The number of amides is 1. The van der Waals surface area contributed by atoms with Gasteiger partial charge in [0, 0.05) is 43.6 Å². The maximum atomic E-state index is 13.6. The zero-order chi connectivity index (χ0) is 23.8. The molecular weight excluding hydrogens is 461 g/mol. The summed E-state index contributed by atoms with van der Waals surface area (Å²) in [5, 5.41) is 2.87. The summed E-state index contributed by atoms with van der Waals surface area (Å²) in [6, 6.07) is 20.3. The van der Waals surface area contributed by atoms with Crippen LogP contribution in [0.15, 0.2) is 84.6 Å². The van der Waals surface area contributed by atoms with E-state index in [9.17, 15) is 9.18 Å². The van der Waals surface area contributed by atoms with Crippen molar-refractivity contribution in [3.63, 3.8) is 0 Å². The minimum absolute atomic E-state index is 0.0833. The number of fused-ring (bicyclic) bond motifs is 1. The number of thiophene rings is 1. The first-order valence-electron chi connectivity index (χ1n) is 11.4. The van der Waals surface area contributed by atoms with Crippen molar-refractivity contribution in [1.82, 2.24) is 19.4 Å². The fourth-order valence-electron chi connectivity index (χ4n) is 4.60. The fraction of sp³-hybridized carbons (Fsp3) is 0.148.